The van der Waals surface area contributed by atoms with Crippen LogP contribution in [-0.2, 0) is 0 Å². The Bertz CT molecular complexity index is 177. The van der Waals surface area contributed by atoms with Crippen molar-refractivity contribution in [3.8, 4) is 0 Å². The number of hydrogen-bond acceptors (Lipinski definition) is 1. The standard InChI is InChI=1S/C5H5F6N/c6-4(7,8)3(1-2(3)12)5(9,10)11/h2H,1,12H2/t2-/m0/s1. The first-order valence-corrected chi connectivity index (χ1v) is 3.02. The molecule has 1 fully saturated rings. The Labute approximate surface area is 63.5 Å². The topological polar surface area (TPSA) is 26.0 Å². The van der Waals surface area contributed by atoms with E-state index in [4.69, 9.17) is 0 Å². The Hall–Kier alpha value is -0.460. The molecule has 0 spiro atoms. The molecule has 2 N–H and O–H groups in total. The summed E-state index contributed by atoms with van der Waals surface area (Å²) in [4.78, 5) is 0. The highest BCUT2D eigenvalue weighted by atomic mass is 19.4. The quantitative estimate of drug-likeness (QED) is 0.583. The molecule has 72 valence electrons. The van der Waals surface area contributed by atoms with Crippen LogP contribution in [0.1, 0.15) is 6.42 Å². The van der Waals surface area contributed by atoms with Crippen molar-refractivity contribution in [2.45, 2.75) is 24.8 Å². The second-order valence-electron chi connectivity index (χ2n) is 2.78. The summed E-state index contributed by atoms with van der Waals surface area (Å²) in [5, 5.41) is 0. The van der Waals surface area contributed by atoms with Gasteiger partial charge in [0.15, 0.2) is 5.41 Å². The average Bonchev–Trinajstić information content (AvgIpc) is 2.36. The van der Waals surface area contributed by atoms with Crippen LogP contribution in [0, 0.1) is 5.41 Å². The minimum Gasteiger partial charge on any atom is -0.327 e. The van der Waals surface area contributed by atoms with E-state index < -0.39 is 30.2 Å². The van der Waals surface area contributed by atoms with Crippen LogP contribution in [0.15, 0.2) is 0 Å². The largest absolute Gasteiger partial charge is 0.404 e. The van der Waals surface area contributed by atoms with Crippen molar-refractivity contribution >= 4 is 0 Å². The summed E-state index contributed by atoms with van der Waals surface area (Å²) in [5.74, 6) is 0. The highest BCUT2D eigenvalue weighted by Crippen LogP contribution is 2.65. The molecule has 0 saturated heterocycles. The Balaban J connectivity index is 2.96. The fraction of sp³-hybridized carbons (Fsp3) is 1.00. The molecule has 12 heavy (non-hydrogen) atoms. The number of alkyl halides is 6. The molecular formula is C5H5F6N. The zero-order valence-electron chi connectivity index (χ0n) is 5.63. The first-order chi connectivity index (χ1) is 5.13. The summed E-state index contributed by atoms with van der Waals surface area (Å²) in [7, 11) is 0. The lowest BCUT2D eigenvalue weighted by atomic mass is 10.1. The van der Waals surface area contributed by atoms with Gasteiger partial charge in [-0.15, -0.1) is 0 Å². The van der Waals surface area contributed by atoms with Crippen molar-refractivity contribution in [3.63, 3.8) is 0 Å². The lowest BCUT2D eigenvalue weighted by Crippen LogP contribution is -2.43. The molecule has 0 heterocycles. The predicted molar refractivity (Wildman–Crippen MR) is 27.1 cm³/mol. The molecule has 0 aromatic carbocycles. The van der Waals surface area contributed by atoms with E-state index in [-0.39, 0.29) is 0 Å². The molecule has 0 radical (unpaired) electrons. The van der Waals surface area contributed by atoms with Gasteiger partial charge in [-0.05, 0) is 6.42 Å². The van der Waals surface area contributed by atoms with Gasteiger partial charge in [0.05, 0.1) is 0 Å². The molecule has 0 aromatic rings. The van der Waals surface area contributed by atoms with Crippen molar-refractivity contribution < 1.29 is 26.3 Å². The van der Waals surface area contributed by atoms with E-state index in [1.165, 1.54) is 0 Å². The maximum absolute atomic E-state index is 11.8. The first kappa shape index (κ1) is 9.63. The van der Waals surface area contributed by atoms with Gasteiger partial charge < -0.3 is 5.73 Å². The van der Waals surface area contributed by atoms with Gasteiger partial charge in [-0.25, -0.2) is 0 Å². The maximum Gasteiger partial charge on any atom is 0.404 e. The van der Waals surface area contributed by atoms with E-state index in [1.807, 2.05) is 0 Å². The van der Waals surface area contributed by atoms with E-state index in [0.29, 0.717) is 0 Å². The van der Waals surface area contributed by atoms with Gasteiger partial charge in [-0.3, -0.25) is 0 Å². The highest BCUT2D eigenvalue weighted by Gasteiger charge is 2.82. The van der Waals surface area contributed by atoms with Gasteiger partial charge in [0.2, 0.25) is 0 Å². The summed E-state index contributed by atoms with van der Waals surface area (Å²) in [6, 6.07) is -1.84. The molecular weight excluding hydrogens is 188 g/mol. The molecule has 1 aliphatic carbocycles. The van der Waals surface area contributed by atoms with Gasteiger partial charge in [-0.2, -0.15) is 26.3 Å². The van der Waals surface area contributed by atoms with Crippen LogP contribution in [0.4, 0.5) is 26.3 Å². The molecule has 0 amide bonds. The van der Waals surface area contributed by atoms with Crippen LogP contribution in [0.3, 0.4) is 0 Å². The summed E-state index contributed by atoms with van der Waals surface area (Å²) in [6.45, 7) is 0. The van der Waals surface area contributed by atoms with Crippen LogP contribution in [0.5, 0.6) is 0 Å². The second kappa shape index (κ2) is 2.07. The van der Waals surface area contributed by atoms with Crippen LogP contribution in [0.2, 0.25) is 0 Å². The molecule has 0 bridgehead atoms. The van der Waals surface area contributed by atoms with Gasteiger partial charge in [0.25, 0.3) is 0 Å². The zero-order valence-corrected chi connectivity index (χ0v) is 5.63. The predicted octanol–water partition coefficient (Wildman–Crippen LogP) is 1.83. The number of nitrogens with two attached hydrogens (primary N) is 1. The van der Waals surface area contributed by atoms with Crippen molar-refractivity contribution in [3.05, 3.63) is 0 Å². The summed E-state index contributed by atoms with van der Waals surface area (Å²) >= 11 is 0. The number of rotatable bonds is 0. The molecule has 1 saturated carbocycles. The van der Waals surface area contributed by atoms with Gasteiger partial charge >= 0.3 is 12.4 Å². The van der Waals surface area contributed by atoms with Crippen LogP contribution < -0.4 is 5.73 Å². The van der Waals surface area contributed by atoms with Gasteiger partial charge in [-0.1, -0.05) is 0 Å². The third-order valence-corrected chi connectivity index (χ3v) is 2.03. The fourth-order valence-electron chi connectivity index (χ4n) is 1.10. The maximum atomic E-state index is 11.8. The normalized spacial score (nSPS) is 28.8. The molecule has 1 rings (SSSR count). The molecule has 1 aliphatic rings. The van der Waals surface area contributed by atoms with E-state index in [2.05, 4.69) is 5.73 Å². The van der Waals surface area contributed by atoms with Crippen molar-refractivity contribution in [2.24, 2.45) is 11.1 Å². The van der Waals surface area contributed by atoms with Gasteiger partial charge in [0, 0.05) is 6.04 Å². The third kappa shape index (κ3) is 0.988. The SMILES string of the molecule is N[C@H]1CC1(C(F)(F)F)C(F)(F)F. The highest BCUT2D eigenvalue weighted by molar-refractivity contribution is 5.15. The summed E-state index contributed by atoms with van der Waals surface area (Å²) < 4.78 is 71.1. The van der Waals surface area contributed by atoms with Crippen LogP contribution in [-0.4, -0.2) is 18.4 Å². The lowest BCUT2D eigenvalue weighted by molar-refractivity contribution is -0.301. The Morgan fingerprint density at radius 3 is 1.25 bits per heavy atom. The lowest BCUT2D eigenvalue weighted by Gasteiger charge is -2.22. The molecule has 1 nitrogen and oxygen atoms in total. The average molecular weight is 193 g/mol. The van der Waals surface area contributed by atoms with E-state index >= 15 is 0 Å². The van der Waals surface area contributed by atoms with Crippen molar-refractivity contribution in [1.29, 1.82) is 0 Å². The minimum absolute atomic E-state index is 1.06. The third-order valence-electron chi connectivity index (χ3n) is 2.03. The first-order valence-electron chi connectivity index (χ1n) is 3.02. The van der Waals surface area contributed by atoms with Gasteiger partial charge in [0.1, 0.15) is 0 Å². The molecule has 0 aliphatic heterocycles. The molecule has 0 unspecified atom stereocenters. The smallest absolute Gasteiger partial charge is 0.327 e. The Morgan fingerprint density at radius 2 is 1.25 bits per heavy atom. The van der Waals surface area contributed by atoms with Crippen LogP contribution in [0.25, 0.3) is 0 Å². The summed E-state index contributed by atoms with van der Waals surface area (Å²) in [5.41, 5.74) is 0.995. The van der Waals surface area contributed by atoms with E-state index in [1.54, 1.807) is 0 Å². The Morgan fingerprint density at radius 1 is 1.00 bits per heavy atom. The monoisotopic (exact) mass is 193 g/mol. The zero-order chi connectivity index (χ0) is 9.78. The van der Waals surface area contributed by atoms with Crippen molar-refractivity contribution in [1.82, 2.24) is 0 Å². The minimum atomic E-state index is -5.29. The van der Waals surface area contributed by atoms with Crippen LogP contribution >= 0.6 is 0 Å². The number of hydrogen-bond donors (Lipinski definition) is 1. The Kier molecular flexibility index (Phi) is 1.66. The number of halogens is 6. The van der Waals surface area contributed by atoms with Crippen molar-refractivity contribution in [2.75, 3.05) is 0 Å². The van der Waals surface area contributed by atoms with E-state index in [0.717, 1.165) is 0 Å². The fourth-order valence-corrected chi connectivity index (χ4v) is 1.10. The molecule has 0 aromatic heterocycles. The molecule has 7 heteroatoms. The second-order valence-corrected chi connectivity index (χ2v) is 2.78. The molecule has 1 atom stereocenters. The summed E-state index contributed by atoms with van der Waals surface area (Å²) in [6.07, 6.45) is -11.6. The van der Waals surface area contributed by atoms with E-state index in [9.17, 15) is 26.3 Å².